The molecule has 2 heterocycles. The number of carbonyl (C=O) groups excluding carboxylic acids is 1. The number of nitrogens with zero attached hydrogens (tertiary/aromatic N) is 4. The number of aromatic nitrogens is 3. The van der Waals surface area contributed by atoms with Gasteiger partial charge in [-0.25, -0.2) is 0 Å². The monoisotopic (exact) mass is 292 g/mol. The van der Waals surface area contributed by atoms with E-state index < -0.39 is 0 Å². The topological polar surface area (TPSA) is 51.0 Å². The molecule has 0 spiro atoms. The second-order valence-electron chi connectivity index (χ2n) is 6.08. The molecule has 0 radical (unpaired) electrons. The van der Waals surface area contributed by atoms with Crippen molar-refractivity contribution >= 4 is 5.91 Å². The Bertz CT molecular complexity index is 457. The van der Waals surface area contributed by atoms with Crippen molar-refractivity contribution in [3.8, 4) is 0 Å². The lowest BCUT2D eigenvalue weighted by molar-refractivity contribution is -0.135. The predicted molar refractivity (Wildman–Crippen MR) is 83.0 cm³/mol. The Morgan fingerprint density at radius 1 is 1.19 bits per heavy atom. The van der Waals surface area contributed by atoms with Crippen molar-refractivity contribution in [2.24, 2.45) is 5.92 Å². The van der Waals surface area contributed by atoms with E-state index in [1.54, 1.807) is 0 Å². The molecule has 1 amide bonds. The molecule has 0 N–H and O–H groups in total. The van der Waals surface area contributed by atoms with Crippen molar-refractivity contribution in [1.29, 1.82) is 0 Å². The second kappa shape index (κ2) is 7.05. The van der Waals surface area contributed by atoms with E-state index in [0.717, 1.165) is 31.8 Å². The first-order chi connectivity index (χ1) is 10.2. The van der Waals surface area contributed by atoms with Crippen LogP contribution in [0.4, 0.5) is 0 Å². The van der Waals surface area contributed by atoms with Gasteiger partial charge in [0.15, 0.2) is 0 Å². The van der Waals surface area contributed by atoms with Gasteiger partial charge in [-0.1, -0.05) is 27.7 Å². The third-order valence-electron chi connectivity index (χ3n) is 4.21. The van der Waals surface area contributed by atoms with Gasteiger partial charge >= 0.3 is 0 Å². The predicted octanol–water partition coefficient (Wildman–Crippen LogP) is 3.00. The van der Waals surface area contributed by atoms with Gasteiger partial charge in [0.05, 0.1) is 0 Å². The molecule has 118 valence electrons. The Labute approximate surface area is 127 Å². The normalized spacial score (nSPS) is 19.4. The lowest BCUT2D eigenvalue weighted by atomic mass is 9.95. The number of carbonyl (C=O) groups is 1. The molecule has 5 heteroatoms. The van der Waals surface area contributed by atoms with Crippen molar-refractivity contribution in [2.75, 3.05) is 13.1 Å². The molecule has 0 bridgehead atoms. The molecule has 2 fully saturated rings. The summed E-state index contributed by atoms with van der Waals surface area (Å²) in [6.45, 7) is 9.66. The first kappa shape index (κ1) is 16.0. The van der Waals surface area contributed by atoms with E-state index in [1.807, 2.05) is 38.9 Å². The average molecular weight is 292 g/mol. The molecule has 0 atom stereocenters. The summed E-state index contributed by atoms with van der Waals surface area (Å²) < 4.78 is 2.25. The number of likely N-dealkylation sites (tertiary alicyclic amines) is 1. The zero-order valence-corrected chi connectivity index (χ0v) is 13.7. The zero-order valence-electron chi connectivity index (χ0n) is 13.7. The van der Waals surface area contributed by atoms with Crippen LogP contribution in [0.1, 0.15) is 71.2 Å². The number of hydrogen-bond donors (Lipinski definition) is 0. The molecule has 3 rings (SSSR count). The van der Waals surface area contributed by atoms with Crippen molar-refractivity contribution in [2.45, 2.75) is 65.3 Å². The van der Waals surface area contributed by atoms with E-state index in [2.05, 4.69) is 14.8 Å². The van der Waals surface area contributed by atoms with Crippen molar-refractivity contribution < 1.29 is 4.79 Å². The van der Waals surface area contributed by atoms with Crippen LogP contribution in [0, 0.1) is 5.92 Å². The van der Waals surface area contributed by atoms with Crippen LogP contribution in [0.25, 0.3) is 0 Å². The molecule has 1 aromatic rings. The molecule has 1 saturated carbocycles. The maximum Gasteiger partial charge on any atom is 0.225 e. The van der Waals surface area contributed by atoms with Crippen molar-refractivity contribution in [3.63, 3.8) is 0 Å². The van der Waals surface area contributed by atoms with E-state index >= 15 is 0 Å². The van der Waals surface area contributed by atoms with Crippen molar-refractivity contribution in [1.82, 2.24) is 19.7 Å². The zero-order chi connectivity index (χ0) is 15.4. The summed E-state index contributed by atoms with van der Waals surface area (Å²) in [7, 11) is 0. The quantitative estimate of drug-likeness (QED) is 0.860. The van der Waals surface area contributed by atoms with Gasteiger partial charge in [-0.3, -0.25) is 4.79 Å². The highest BCUT2D eigenvalue weighted by atomic mass is 16.2. The fraction of sp³-hybridized carbons (Fsp3) is 0.812. The fourth-order valence-electron chi connectivity index (χ4n) is 2.90. The largest absolute Gasteiger partial charge is 0.342 e. The van der Waals surface area contributed by atoms with Gasteiger partial charge in [0, 0.05) is 31.0 Å². The van der Waals surface area contributed by atoms with Crippen molar-refractivity contribution in [3.05, 3.63) is 12.2 Å². The van der Waals surface area contributed by atoms with Crippen LogP contribution in [0.5, 0.6) is 0 Å². The summed E-state index contributed by atoms with van der Waals surface area (Å²) in [5, 5.41) is 8.39. The number of rotatable bonds is 3. The van der Waals surface area contributed by atoms with Crippen LogP contribution in [0.3, 0.4) is 0 Å². The van der Waals surface area contributed by atoms with Crippen LogP contribution >= 0.6 is 0 Å². The van der Waals surface area contributed by atoms with Crippen LogP contribution in [0.2, 0.25) is 0 Å². The van der Waals surface area contributed by atoms with Gasteiger partial charge in [-0.2, -0.15) is 0 Å². The minimum absolute atomic E-state index is 0.103. The molecule has 1 aromatic heterocycles. The van der Waals surface area contributed by atoms with E-state index in [0.29, 0.717) is 12.0 Å². The maximum atomic E-state index is 12.0. The van der Waals surface area contributed by atoms with Crippen LogP contribution in [-0.4, -0.2) is 38.7 Å². The van der Waals surface area contributed by atoms with Gasteiger partial charge < -0.3 is 9.47 Å². The Morgan fingerprint density at radius 2 is 1.81 bits per heavy atom. The summed E-state index contributed by atoms with van der Waals surface area (Å²) in [4.78, 5) is 14.0. The summed E-state index contributed by atoms with van der Waals surface area (Å²) in [6, 6.07) is 0.639. The van der Waals surface area contributed by atoms with E-state index in [-0.39, 0.29) is 11.8 Å². The van der Waals surface area contributed by atoms with Gasteiger partial charge in [0.1, 0.15) is 12.2 Å². The van der Waals surface area contributed by atoms with Crippen LogP contribution in [0.15, 0.2) is 6.33 Å². The minimum Gasteiger partial charge on any atom is -0.342 e. The highest BCUT2D eigenvalue weighted by molar-refractivity contribution is 5.78. The molecule has 0 aromatic carbocycles. The van der Waals surface area contributed by atoms with E-state index in [1.165, 1.54) is 12.8 Å². The molecule has 2 aliphatic rings. The summed E-state index contributed by atoms with van der Waals surface area (Å²) in [5.41, 5.74) is 0. The standard InChI is InChI=1S/C14H22N4O.C2H6/c1-10(2)14(19)17-7-5-11(6-8-17)13-16-15-9-18(13)12-3-4-12;1-2/h9-12H,3-8H2,1-2H3;1-2H3. The van der Waals surface area contributed by atoms with Gasteiger partial charge in [-0.05, 0) is 25.7 Å². The summed E-state index contributed by atoms with van der Waals surface area (Å²) in [6.07, 6.45) is 6.43. The van der Waals surface area contributed by atoms with Gasteiger partial charge in [0.25, 0.3) is 0 Å². The number of hydrogen-bond acceptors (Lipinski definition) is 3. The average Bonchev–Trinajstić information content (AvgIpc) is 3.26. The summed E-state index contributed by atoms with van der Waals surface area (Å²) >= 11 is 0. The molecule has 1 aliphatic heterocycles. The lowest BCUT2D eigenvalue weighted by Crippen LogP contribution is -2.40. The smallest absolute Gasteiger partial charge is 0.225 e. The SMILES string of the molecule is CC.CC(C)C(=O)N1CCC(c2nncn2C2CC2)CC1. The Kier molecular flexibility index (Phi) is 5.37. The van der Waals surface area contributed by atoms with Gasteiger partial charge in [-0.15, -0.1) is 10.2 Å². The highest BCUT2D eigenvalue weighted by Crippen LogP contribution is 2.38. The molecule has 21 heavy (non-hydrogen) atoms. The molecular weight excluding hydrogens is 264 g/mol. The molecule has 1 saturated heterocycles. The molecule has 0 unspecified atom stereocenters. The molecule has 5 nitrogen and oxygen atoms in total. The van der Waals surface area contributed by atoms with Crippen LogP contribution in [-0.2, 0) is 4.79 Å². The third-order valence-corrected chi connectivity index (χ3v) is 4.21. The van der Waals surface area contributed by atoms with E-state index in [4.69, 9.17) is 0 Å². The first-order valence-corrected chi connectivity index (χ1v) is 8.35. The fourth-order valence-corrected chi connectivity index (χ4v) is 2.90. The third kappa shape index (κ3) is 3.63. The summed E-state index contributed by atoms with van der Waals surface area (Å²) in [5.74, 6) is 1.99. The number of amides is 1. The maximum absolute atomic E-state index is 12.0. The second-order valence-corrected chi connectivity index (χ2v) is 6.08. The van der Waals surface area contributed by atoms with Crippen LogP contribution < -0.4 is 0 Å². The molecular formula is C16H28N4O. The molecule has 1 aliphatic carbocycles. The Balaban J connectivity index is 0.000000774. The Hall–Kier alpha value is -1.39. The Morgan fingerprint density at radius 3 is 2.33 bits per heavy atom. The highest BCUT2D eigenvalue weighted by Gasteiger charge is 2.32. The van der Waals surface area contributed by atoms with Gasteiger partial charge in [0.2, 0.25) is 5.91 Å². The lowest BCUT2D eigenvalue weighted by Gasteiger charge is -2.32. The van der Waals surface area contributed by atoms with E-state index in [9.17, 15) is 4.79 Å². The number of piperidine rings is 1. The first-order valence-electron chi connectivity index (χ1n) is 8.35. The minimum atomic E-state index is 0.103.